The molecule has 0 unspecified atom stereocenters. The van der Waals surface area contributed by atoms with E-state index in [1.165, 1.54) is 6.92 Å². The van der Waals surface area contributed by atoms with Gasteiger partial charge in [-0.05, 0) is 26.2 Å². The van der Waals surface area contributed by atoms with Crippen LogP contribution in [0.25, 0.3) is 0 Å². The molecule has 0 saturated heterocycles. The van der Waals surface area contributed by atoms with Crippen molar-refractivity contribution >= 4 is 11.9 Å². The number of rotatable bonds is 8. The lowest BCUT2D eigenvalue weighted by molar-refractivity contribution is -0.556. The van der Waals surface area contributed by atoms with Gasteiger partial charge in [-0.3, -0.25) is 4.99 Å². The summed E-state index contributed by atoms with van der Waals surface area (Å²) in [5, 5.41) is 18.3. The molecule has 0 aromatic carbocycles. The Labute approximate surface area is 98.0 Å². The van der Waals surface area contributed by atoms with E-state index in [0.29, 0.717) is 19.4 Å². The number of nitro groups is 1. The summed E-state index contributed by atoms with van der Waals surface area (Å²) in [6.45, 7) is 1.63. The van der Waals surface area contributed by atoms with Gasteiger partial charge in [-0.15, -0.1) is 5.43 Å². The normalized spacial score (nSPS) is 13.5. The lowest BCUT2D eigenvalue weighted by Gasteiger charge is -2.20. The summed E-state index contributed by atoms with van der Waals surface area (Å²) < 4.78 is 0. The average molecular weight is 247 g/mol. The molecule has 0 aliphatic rings. The number of nitrogens with zero attached hydrogens (tertiary/aromatic N) is 2. The second kappa shape index (κ2) is 6.51. The first-order chi connectivity index (χ1) is 7.78. The van der Waals surface area contributed by atoms with Crippen LogP contribution in [0, 0.1) is 10.1 Å². The molecule has 0 aromatic heterocycles. The van der Waals surface area contributed by atoms with Crippen LogP contribution in [0.1, 0.15) is 26.2 Å². The maximum absolute atomic E-state index is 10.9. The summed E-state index contributed by atoms with van der Waals surface area (Å²) in [7, 11) is 0. The van der Waals surface area contributed by atoms with Crippen molar-refractivity contribution in [3.63, 3.8) is 0 Å². The van der Waals surface area contributed by atoms with Gasteiger partial charge < -0.3 is 16.6 Å². The van der Waals surface area contributed by atoms with Crippen LogP contribution in [0.3, 0.4) is 0 Å². The highest BCUT2D eigenvalue weighted by Gasteiger charge is 2.37. The SMILES string of the molecule is C[C@@](CCCCN=C(N)N)(N[N+](=O)[O-])C(=O)O. The highest BCUT2D eigenvalue weighted by atomic mass is 16.7. The molecule has 0 aliphatic carbocycles. The minimum Gasteiger partial charge on any atom is -0.479 e. The van der Waals surface area contributed by atoms with E-state index in [1.807, 2.05) is 0 Å². The standard InChI is InChI=1S/C8H17N5O4/c1-8(6(14)15,12-13(16)17)4-2-3-5-11-7(9)10/h12H,2-5H2,1H3,(H,14,15)(H4,9,10,11)/t8-/m0/s1. The number of hydrazine groups is 1. The zero-order chi connectivity index (χ0) is 13.5. The molecule has 17 heavy (non-hydrogen) atoms. The Morgan fingerprint density at radius 1 is 1.53 bits per heavy atom. The summed E-state index contributed by atoms with van der Waals surface area (Å²) in [5.41, 5.74) is 10.4. The van der Waals surface area contributed by atoms with Crippen LogP contribution < -0.4 is 16.9 Å². The smallest absolute Gasteiger partial charge is 0.334 e. The van der Waals surface area contributed by atoms with E-state index < -0.39 is 16.5 Å². The Bertz CT molecular complexity index is 315. The van der Waals surface area contributed by atoms with Crippen molar-refractivity contribution in [1.82, 2.24) is 5.43 Å². The fraction of sp³-hybridized carbons (Fsp3) is 0.750. The van der Waals surface area contributed by atoms with Crippen LogP contribution in [-0.4, -0.2) is 34.2 Å². The molecule has 0 radical (unpaired) electrons. The fourth-order valence-electron chi connectivity index (χ4n) is 1.21. The number of hydrogen-bond acceptors (Lipinski definition) is 4. The molecule has 98 valence electrons. The molecule has 9 nitrogen and oxygen atoms in total. The van der Waals surface area contributed by atoms with E-state index >= 15 is 0 Å². The third-order valence-corrected chi connectivity index (χ3v) is 2.19. The topological polar surface area (TPSA) is 157 Å². The molecule has 0 saturated carbocycles. The van der Waals surface area contributed by atoms with Crippen molar-refractivity contribution in [1.29, 1.82) is 0 Å². The predicted molar refractivity (Wildman–Crippen MR) is 60.7 cm³/mol. The number of guanidine groups is 1. The van der Waals surface area contributed by atoms with Crippen LogP contribution in [0.2, 0.25) is 0 Å². The minimum atomic E-state index is -1.58. The highest BCUT2D eigenvalue weighted by Crippen LogP contribution is 2.14. The second-order valence-electron chi connectivity index (χ2n) is 3.77. The van der Waals surface area contributed by atoms with E-state index in [1.54, 1.807) is 5.43 Å². The largest absolute Gasteiger partial charge is 0.479 e. The molecule has 0 aliphatic heterocycles. The molecule has 0 heterocycles. The number of nitrogens with two attached hydrogens (primary N) is 2. The van der Waals surface area contributed by atoms with Gasteiger partial charge >= 0.3 is 5.97 Å². The van der Waals surface area contributed by atoms with Crippen molar-refractivity contribution in [2.24, 2.45) is 16.5 Å². The van der Waals surface area contributed by atoms with Crippen molar-refractivity contribution in [2.75, 3.05) is 6.54 Å². The first-order valence-corrected chi connectivity index (χ1v) is 4.99. The van der Waals surface area contributed by atoms with Gasteiger partial charge in [-0.25, -0.2) is 14.9 Å². The van der Waals surface area contributed by atoms with Crippen LogP contribution in [-0.2, 0) is 4.79 Å². The number of nitrogens with one attached hydrogen (secondary N) is 1. The zero-order valence-electron chi connectivity index (χ0n) is 9.55. The maximum atomic E-state index is 10.9. The van der Waals surface area contributed by atoms with Gasteiger partial charge in [-0.1, -0.05) is 0 Å². The number of hydrogen-bond donors (Lipinski definition) is 4. The quantitative estimate of drug-likeness (QED) is 0.141. The molecule has 0 amide bonds. The maximum Gasteiger partial charge on any atom is 0.334 e. The lowest BCUT2D eigenvalue weighted by atomic mass is 9.96. The zero-order valence-corrected chi connectivity index (χ0v) is 9.55. The summed E-state index contributed by atoms with van der Waals surface area (Å²) in [4.78, 5) is 24.9. The molecular weight excluding hydrogens is 230 g/mol. The van der Waals surface area contributed by atoms with Crippen LogP contribution in [0.15, 0.2) is 4.99 Å². The van der Waals surface area contributed by atoms with Gasteiger partial charge in [-0.2, -0.15) is 0 Å². The third kappa shape index (κ3) is 6.17. The van der Waals surface area contributed by atoms with Crippen LogP contribution >= 0.6 is 0 Å². The fourth-order valence-corrected chi connectivity index (χ4v) is 1.21. The summed E-state index contributed by atoms with van der Waals surface area (Å²) in [6, 6.07) is 0. The van der Waals surface area contributed by atoms with Crippen LogP contribution in [0.5, 0.6) is 0 Å². The van der Waals surface area contributed by atoms with E-state index in [2.05, 4.69) is 4.99 Å². The Kier molecular flexibility index (Phi) is 5.72. The number of carboxylic acid groups (broad SMARTS) is 1. The molecular formula is C8H17N5O4. The Morgan fingerprint density at radius 3 is 2.53 bits per heavy atom. The summed E-state index contributed by atoms with van der Waals surface area (Å²) in [5.74, 6) is -1.30. The molecule has 0 aromatic rings. The van der Waals surface area contributed by atoms with Gasteiger partial charge in [0, 0.05) is 6.54 Å². The molecule has 9 heteroatoms. The molecule has 0 bridgehead atoms. The van der Waals surface area contributed by atoms with Crippen molar-refractivity contribution < 1.29 is 14.9 Å². The second-order valence-corrected chi connectivity index (χ2v) is 3.77. The van der Waals surface area contributed by atoms with E-state index in [9.17, 15) is 14.9 Å². The van der Waals surface area contributed by atoms with E-state index in [4.69, 9.17) is 16.6 Å². The Balaban J connectivity index is 4.15. The number of carbonyl (C=O) groups is 1. The number of aliphatic carboxylic acids is 1. The molecule has 1 atom stereocenters. The van der Waals surface area contributed by atoms with Crippen LogP contribution in [0.4, 0.5) is 0 Å². The molecule has 0 spiro atoms. The number of unbranched alkanes of at least 4 members (excludes halogenated alkanes) is 1. The number of carboxylic acids is 1. The molecule has 0 fully saturated rings. The average Bonchev–Trinajstić information content (AvgIpc) is 2.15. The Hall–Kier alpha value is -2.06. The van der Waals surface area contributed by atoms with Crippen molar-refractivity contribution in [2.45, 2.75) is 31.7 Å². The van der Waals surface area contributed by atoms with Gasteiger partial charge in [0.05, 0.1) is 0 Å². The Morgan fingerprint density at radius 2 is 2.12 bits per heavy atom. The van der Waals surface area contributed by atoms with E-state index in [-0.39, 0.29) is 12.4 Å². The third-order valence-electron chi connectivity index (χ3n) is 2.19. The minimum absolute atomic E-state index is 0.0330. The van der Waals surface area contributed by atoms with Gasteiger partial charge in [0.15, 0.2) is 16.5 Å². The first kappa shape index (κ1) is 14.9. The highest BCUT2D eigenvalue weighted by molar-refractivity contribution is 5.77. The predicted octanol–water partition coefficient (Wildman–Crippen LogP) is -0.945. The van der Waals surface area contributed by atoms with Gasteiger partial charge in [0.2, 0.25) is 0 Å². The summed E-state index contributed by atoms with van der Waals surface area (Å²) >= 11 is 0. The first-order valence-electron chi connectivity index (χ1n) is 4.99. The van der Waals surface area contributed by atoms with Crippen molar-refractivity contribution in [3.05, 3.63) is 10.1 Å². The van der Waals surface area contributed by atoms with Gasteiger partial charge in [0.1, 0.15) is 0 Å². The lowest BCUT2D eigenvalue weighted by Crippen LogP contribution is -2.52. The monoisotopic (exact) mass is 247 g/mol. The number of aliphatic imine (C=N–C) groups is 1. The van der Waals surface area contributed by atoms with Crippen molar-refractivity contribution in [3.8, 4) is 0 Å². The summed E-state index contributed by atoms with van der Waals surface area (Å²) in [6.07, 6.45) is 1.13. The van der Waals surface area contributed by atoms with Gasteiger partial charge in [0.25, 0.3) is 0 Å². The molecule has 0 rings (SSSR count). The molecule has 6 N–H and O–H groups in total. The van der Waals surface area contributed by atoms with E-state index in [0.717, 1.165) is 0 Å².